The topological polar surface area (TPSA) is 145 Å². The maximum atomic E-state index is 11.4. The van der Waals surface area contributed by atoms with Crippen LogP contribution in [0.15, 0.2) is 0 Å². The highest BCUT2D eigenvalue weighted by Gasteiger charge is 2.16. The van der Waals surface area contributed by atoms with Gasteiger partial charge in [0.25, 0.3) is 0 Å². The second-order valence-corrected chi connectivity index (χ2v) is 3.12. The fourth-order valence-corrected chi connectivity index (χ4v) is 1.03. The Morgan fingerprint density at radius 1 is 1.33 bits per heavy atom. The SMILES string of the molecule is N=C(N)CC(=O)c1nc(Cl)c(N)nc1N. The van der Waals surface area contributed by atoms with Gasteiger partial charge in [0, 0.05) is 0 Å². The molecule has 0 aliphatic heterocycles. The van der Waals surface area contributed by atoms with Crippen molar-refractivity contribution in [2.24, 2.45) is 5.73 Å². The van der Waals surface area contributed by atoms with Crippen molar-refractivity contribution >= 4 is 34.9 Å². The molecule has 7 nitrogen and oxygen atoms in total. The Balaban J connectivity index is 3.09. The Labute approximate surface area is 90.1 Å². The van der Waals surface area contributed by atoms with E-state index < -0.39 is 5.78 Å². The molecule has 1 rings (SSSR count). The highest BCUT2D eigenvalue weighted by atomic mass is 35.5. The molecule has 0 atom stereocenters. The van der Waals surface area contributed by atoms with E-state index in [1.165, 1.54) is 0 Å². The Kier molecular flexibility index (Phi) is 3.05. The van der Waals surface area contributed by atoms with E-state index in [0.717, 1.165) is 0 Å². The van der Waals surface area contributed by atoms with E-state index >= 15 is 0 Å². The molecule has 8 heteroatoms. The fraction of sp³-hybridized carbons (Fsp3) is 0.143. The maximum absolute atomic E-state index is 11.4. The van der Waals surface area contributed by atoms with Crippen molar-refractivity contribution in [3.8, 4) is 0 Å². The first-order chi connectivity index (χ1) is 6.91. The van der Waals surface area contributed by atoms with Gasteiger partial charge in [-0.2, -0.15) is 0 Å². The largest absolute Gasteiger partial charge is 0.387 e. The third kappa shape index (κ3) is 2.53. The number of nitrogens with two attached hydrogens (primary N) is 3. The van der Waals surface area contributed by atoms with E-state index in [0.29, 0.717) is 0 Å². The number of aromatic nitrogens is 2. The van der Waals surface area contributed by atoms with Crippen LogP contribution in [-0.2, 0) is 0 Å². The summed E-state index contributed by atoms with van der Waals surface area (Å²) in [6.07, 6.45) is -0.279. The van der Waals surface area contributed by atoms with E-state index in [-0.39, 0.29) is 34.7 Å². The summed E-state index contributed by atoms with van der Waals surface area (Å²) in [5.41, 5.74) is 15.7. The van der Waals surface area contributed by atoms with Crippen LogP contribution in [0.5, 0.6) is 0 Å². The lowest BCUT2D eigenvalue weighted by atomic mass is 10.2. The molecule has 0 aliphatic carbocycles. The van der Waals surface area contributed by atoms with Crippen LogP contribution in [0.1, 0.15) is 16.9 Å². The summed E-state index contributed by atoms with van der Waals surface area (Å²) < 4.78 is 0. The van der Waals surface area contributed by atoms with Gasteiger partial charge < -0.3 is 17.2 Å². The van der Waals surface area contributed by atoms with E-state index in [4.69, 9.17) is 34.2 Å². The molecule has 0 spiro atoms. The second-order valence-electron chi connectivity index (χ2n) is 2.76. The quantitative estimate of drug-likeness (QED) is 0.320. The number of halogens is 1. The van der Waals surface area contributed by atoms with Crippen LogP contribution in [0.4, 0.5) is 11.6 Å². The zero-order chi connectivity index (χ0) is 11.6. The molecule has 0 fully saturated rings. The predicted octanol–water partition coefficient (Wildman–Crippen LogP) is -0.197. The summed E-state index contributed by atoms with van der Waals surface area (Å²) >= 11 is 5.58. The molecule has 80 valence electrons. The van der Waals surface area contributed by atoms with Crippen molar-refractivity contribution in [3.05, 3.63) is 10.8 Å². The monoisotopic (exact) mass is 228 g/mol. The predicted molar refractivity (Wildman–Crippen MR) is 56.7 cm³/mol. The van der Waals surface area contributed by atoms with E-state index in [9.17, 15) is 4.79 Å². The van der Waals surface area contributed by atoms with Gasteiger partial charge in [-0.05, 0) is 0 Å². The van der Waals surface area contributed by atoms with Gasteiger partial charge in [0.2, 0.25) is 0 Å². The van der Waals surface area contributed by atoms with Crippen LogP contribution in [-0.4, -0.2) is 21.6 Å². The molecule has 0 unspecified atom stereocenters. The number of nitrogens with one attached hydrogen (secondary N) is 1. The van der Waals surface area contributed by atoms with Crippen LogP contribution in [0.3, 0.4) is 0 Å². The van der Waals surface area contributed by atoms with Crippen molar-refractivity contribution in [2.45, 2.75) is 6.42 Å². The Bertz CT molecular complexity index is 432. The number of anilines is 2. The number of rotatable bonds is 3. The molecule has 0 saturated heterocycles. The number of nitrogen functional groups attached to an aromatic ring is 2. The standard InChI is InChI=1S/C7H9ClN6O/c8-5-7(12)14-6(11)4(13-5)2(15)1-3(9)10/h1H2,(H3,9,10)(H4,11,12,14). The van der Waals surface area contributed by atoms with Gasteiger partial charge in [-0.1, -0.05) is 11.6 Å². The first-order valence-electron chi connectivity index (χ1n) is 3.86. The molecule has 0 saturated carbocycles. The molecule has 0 bridgehead atoms. The smallest absolute Gasteiger partial charge is 0.192 e. The van der Waals surface area contributed by atoms with Crippen molar-refractivity contribution in [3.63, 3.8) is 0 Å². The molecule has 1 aromatic rings. The van der Waals surface area contributed by atoms with Crippen LogP contribution < -0.4 is 17.2 Å². The molecule has 1 heterocycles. The highest BCUT2D eigenvalue weighted by Crippen LogP contribution is 2.18. The van der Waals surface area contributed by atoms with Gasteiger partial charge in [-0.25, -0.2) is 9.97 Å². The third-order valence-electron chi connectivity index (χ3n) is 1.52. The molecule has 0 aliphatic rings. The molecular formula is C7H9ClN6O. The Morgan fingerprint density at radius 2 is 1.93 bits per heavy atom. The average molecular weight is 229 g/mol. The molecular weight excluding hydrogens is 220 g/mol. The summed E-state index contributed by atoms with van der Waals surface area (Å²) in [6.45, 7) is 0. The van der Waals surface area contributed by atoms with E-state index in [2.05, 4.69) is 9.97 Å². The third-order valence-corrected chi connectivity index (χ3v) is 1.80. The number of hydrogen-bond donors (Lipinski definition) is 4. The first kappa shape index (κ1) is 11.2. The number of ketones is 1. The Hall–Kier alpha value is -1.89. The minimum atomic E-state index is -0.519. The number of amidine groups is 1. The number of nitrogens with zero attached hydrogens (tertiary/aromatic N) is 2. The summed E-state index contributed by atoms with van der Waals surface area (Å²) in [4.78, 5) is 18.7. The molecule has 0 amide bonds. The number of Topliss-reactive ketones (excluding diaryl/α,β-unsaturated/α-hetero) is 1. The molecule has 15 heavy (non-hydrogen) atoms. The van der Waals surface area contributed by atoms with Crippen LogP contribution in [0, 0.1) is 5.41 Å². The van der Waals surface area contributed by atoms with Crippen molar-refractivity contribution in [1.29, 1.82) is 5.41 Å². The van der Waals surface area contributed by atoms with Crippen molar-refractivity contribution in [2.75, 3.05) is 11.5 Å². The molecule has 0 radical (unpaired) electrons. The Morgan fingerprint density at radius 3 is 2.47 bits per heavy atom. The van der Waals surface area contributed by atoms with Gasteiger partial charge in [-0.3, -0.25) is 10.2 Å². The van der Waals surface area contributed by atoms with Crippen LogP contribution >= 0.6 is 11.6 Å². The van der Waals surface area contributed by atoms with E-state index in [1.807, 2.05) is 0 Å². The minimum absolute atomic E-state index is 0.0476. The molecule has 7 N–H and O–H groups in total. The number of carbonyl (C=O) groups excluding carboxylic acids is 1. The summed E-state index contributed by atoms with van der Waals surface area (Å²) in [5.74, 6) is -0.972. The van der Waals surface area contributed by atoms with Gasteiger partial charge in [0.1, 0.15) is 0 Å². The zero-order valence-electron chi connectivity index (χ0n) is 7.62. The fourth-order valence-electron chi connectivity index (χ4n) is 0.903. The summed E-state index contributed by atoms with van der Waals surface area (Å²) in [6, 6.07) is 0. The molecule has 1 aromatic heterocycles. The van der Waals surface area contributed by atoms with Gasteiger partial charge in [0.15, 0.2) is 28.3 Å². The van der Waals surface area contributed by atoms with Crippen molar-refractivity contribution < 1.29 is 4.79 Å². The van der Waals surface area contributed by atoms with Gasteiger partial charge in [0.05, 0.1) is 12.3 Å². The average Bonchev–Trinajstić information content (AvgIpc) is 2.09. The van der Waals surface area contributed by atoms with Crippen LogP contribution in [0.2, 0.25) is 5.15 Å². The maximum Gasteiger partial charge on any atom is 0.192 e. The normalized spacial score (nSPS) is 9.93. The van der Waals surface area contributed by atoms with Crippen LogP contribution in [0.25, 0.3) is 0 Å². The zero-order valence-corrected chi connectivity index (χ0v) is 8.38. The number of hydrogen-bond acceptors (Lipinski definition) is 6. The first-order valence-corrected chi connectivity index (χ1v) is 4.24. The highest BCUT2D eigenvalue weighted by molar-refractivity contribution is 6.31. The summed E-state index contributed by atoms with van der Waals surface area (Å²) in [7, 11) is 0. The molecule has 0 aromatic carbocycles. The summed E-state index contributed by atoms with van der Waals surface area (Å²) in [5, 5.41) is 6.85. The lowest BCUT2D eigenvalue weighted by Crippen LogP contribution is -2.18. The van der Waals surface area contributed by atoms with E-state index in [1.54, 1.807) is 0 Å². The van der Waals surface area contributed by atoms with Gasteiger partial charge >= 0.3 is 0 Å². The lowest BCUT2D eigenvalue weighted by Gasteiger charge is -2.04. The van der Waals surface area contributed by atoms with Crippen molar-refractivity contribution in [1.82, 2.24) is 9.97 Å². The number of carbonyl (C=O) groups is 1. The van der Waals surface area contributed by atoms with Gasteiger partial charge in [-0.15, -0.1) is 0 Å². The lowest BCUT2D eigenvalue weighted by molar-refractivity contribution is 0.0996. The second kappa shape index (κ2) is 4.09. The minimum Gasteiger partial charge on any atom is -0.387 e.